The third kappa shape index (κ3) is 12.5. The van der Waals surface area contributed by atoms with Gasteiger partial charge >= 0.3 is 0 Å². The van der Waals surface area contributed by atoms with E-state index in [0.717, 1.165) is 17.8 Å². The molecule has 0 saturated carbocycles. The first-order valence-corrected chi connectivity index (χ1v) is 8.56. The zero-order valence-electron chi connectivity index (χ0n) is 13.8. The predicted octanol–water partition coefficient (Wildman–Crippen LogP) is 6.84. The maximum absolute atomic E-state index is 2.45. The molecular weight excluding hydrogens is 216 g/mol. The lowest BCUT2D eigenvalue weighted by Gasteiger charge is -2.18. The fourth-order valence-corrected chi connectivity index (χ4v) is 3.16. The van der Waals surface area contributed by atoms with Crippen LogP contribution in [0.25, 0.3) is 0 Å². The second kappa shape index (κ2) is 12.1. The Kier molecular flexibility index (Phi) is 12.1. The molecule has 0 saturated heterocycles. The lowest BCUT2D eigenvalue weighted by Crippen LogP contribution is -2.06. The topological polar surface area (TPSA) is 0 Å². The Labute approximate surface area is 117 Å². The van der Waals surface area contributed by atoms with Gasteiger partial charge in [0.25, 0.3) is 0 Å². The summed E-state index contributed by atoms with van der Waals surface area (Å²) in [6.45, 7) is 11.9. The zero-order valence-corrected chi connectivity index (χ0v) is 13.8. The summed E-state index contributed by atoms with van der Waals surface area (Å²) in [5, 5.41) is 0. The Balaban J connectivity index is 3.33. The van der Waals surface area contributed by atoms with E-state index in [1.165, 1.54) is 64.2 Å². The van der Waals surface area contributed by atoms with Crippen LogP contribution in [0.15, 0.2) is 0 Å². The molecule has 0 aliphatic rings. The van der Waals surface area contributed by atoms with Gasteiger partial charge in [0.05, 0.1) is 0 Å². The molecule has 0 aromatic carbocycles. The Morgan fingerprint density at radius 3 is 1.72 bits per heavy atom. The number of hydrogen-bond donors (Lipinski definition) is 0. The van der Waals surface area contributed by atoms with Crippen LogP contribution >= 0.6 is 0 Å². The van der Waals surface area contributed by atoms with Gasteiger partial charge in [0.15, 0.2) is 0 Å². The molecule has 0 amide bonds. The van der Waals surface area contributed by atoms with Crippen molar-refractivity contribution in [1.29, 1.82) is 0 Å². The standard InChI is InChI=1S/C18H38/c1-6-7-8-9-10-11-12-13-17(4)15-18(5)14-16(2)3/h16-18H,6-15H2,1-5H3. The Bertz CT molecular complexity index is 159. The van der Waals surface area contributed by atoms with Crippen molar-refractivity contribution in [1.82, 2.24) is 0 Å². The molecule has 0 aliphatic heterocycles. The highest BCUT2D eigenvalue weighted by molar-refractivity contribution is 4.62. The van der Waals surface area contributed by atoms with Crippen molar-refractivity contribution in [2.75, 3.05) is 0 Å². The van der Waals surface area contributed by atoms with E-state index in [4.69, 9.17) is 0 Å². The van der Waals surface area contributed by atoms with Crippen LogP contribution in [-0.4, -0.2) is 0 Å². The maximum Gasteiger partial charge on any atom is -0.0438 e. The van der Waals surface area contributed by atoms with Crippen LogP contribution in [0.4, 0.5) is 0 Å². The van der Waals surface area contributed by atoms with E-state index >= 15 is 0 Å². The minimum Gasteiger partial charge on any atom is -0.0654 e. The lowest BCUT2D eigenvalue weighted by atomic mass is 9.88. The van der Waals surface area contributed by atoms with E-state index in [2.05, 4.69) is 34.6 Å². The van der Waals surface area contributed by atoms with Crippen LogP contribution < -0.4 is 0 Å². The highest BCUT2D eigenvalue weighted by atomic mass is 14.2. The largest absolute Gasteiger partial charge is 0.0654 e. The van der Waals surface area contributed by atoms with E-state index in [-0.39, 0.29) is 0 Å². The number of rotatable bonds is 12. The molecule has 0 heterocycles. The second-order valence-corrected chi connectivity index (χ2v) is 6.99. The van der Waals surface area contributed by atoms with Crippen molar-refractivity contribution in [3.63, 3.8) is 0 Å². The van der Waals surface area contributed by atoms with Crippen LogP contribution in [0.1, 0.15) is 98.8 Å². The van der Waals surface area contributed by atoms with Gasteiger partial charge in [-0.3, -0.25) is 0 Å². The van der Waals surface area contributed by atoms with Crippen LogP contribution in [-0.2, 0) is 0 Å². The van der Waals surface area contributed by atoms with Crippen molar-refractivity contribution >= 4 is 0 Å². The summed E-state index contributed by atoms with van der Waals surface area (Å²) < 4.78 is 0. The average Bonchev–Trinajstić information content (AvgIpc) is 2.26. The summed E-state index contributed by atoms with van der Waals surface area (Å²) >= 11 is 0. The Morgan fingerprint density at radius 1 is 0.611 bits per heavy atom. The third-order valence-corrected chi connectivity index (χ3v) is 3.98. The quantitative estimate of drug-likeness (QED) is 0.335. The van der Waals surface area contributed by atoms with Crippen LogP contribution in [0.2, 0.25) is 0 Å². The first-order valence-electron chi connectivity index (χ1n) is 8.56. The molecule has 0 nitrogen and oxygen atoms in total. The molecule has 0 spiro atoms. The number of unbranched alkanes of at least 4 members (excludes halogenated alkanes) is 6. The van der Waals surface area contributed by atoms with Crippen LogP contribution in [0, 0.1) is 17.8 Å². The van der Waals surface area contributed by atoms with E-state index < -0.39 is 0 Å². The van der Waals surface area contributed by atoms with Gasteiger partial charge in [0.2, 0.25) is 0 Å². The van der Waals surface area contributed by atoms with Gasteiger partial charge in [-0.25, -0.2) is 0 Å². The Morgan fingerprint density at radius 2 is 1.17 bits per heavy atom. The summed E-state index contributed by atoms with van der Waals surface area (Å²) in [5.41, 5.74) is 0. The van der Waals surface area contributed by atoms with Crippen molar-refractivity contribution < 1.29 is 0 Å². The first-order chi connectivity index (χ1) is 8.56. The SMILES string of the molecule is CCCCCCCCCC(C)CC(C)CC(C)C. The first kappa shape index (κ1) is 18.0. The lowest BCUT2D eigenvalue weighted by molar-refractivity contribution is 0.336. The minimum absolute atomic E-state index is 0.866. The van der Waals surface area contributed by atoms with Gasteiger partial charge in [-0.1, -0.05) is 86.0 Å². The molecule has 0 rings (SSSR count). The van der Waals surface area contributed by atoms with Gasteiger partial charge in [0.1, 0.15) is 0 Å². The fraction of sp³-hybridized carbons (Fsp3) is 1.00. The van der Waals surface area contributed by atoms with Crippen LogP contribution in [0.3, 0.4) is 0 Å². The van der Waals surface area contributed by atoms with Gasteiger partial charge in [0, 0.05) is 0 Å². The van der Waals surface area contributed by atoms with Gasteiger partial charge < -0.3 is 0 Å². The Hall–Kier alpha value is 0. The molecule has 0 bridgehead atoms. The molecule has 0 aromatic heterocycles. The average molecular weight is 255 g/mol. The third-order valence-electron chi connectivity index (χ3n) is 3.98. The zero-order chi connectivity index (χ0) is 13.8. The number of hydrogen-bond acceptors (Lipinski definition) is 0. The van der Waals surface area contributed by atoms with Crippen molar-refractivity contribution in [3.8, 4) is 0 Å². The molecule has 0 aliphatic carbocycles. The van der Waals surface area contributed by atoms with Gasteiger partial charge in [-0.2, -0.15) is 0 Å². The van der Waals surface area contributed by atoms with Crippen LogP contribution in [0.5, 0.6) is 0 Å². The molecule has 0 N–H and O–H groups in total. The molecule has 18 heavy (non-hydrogen) atoms. The molecule has 0 radical (unpaired) electrons. The summed E-state index contributed by atoms with van der Waals surface area (Å²) in [6.07, 6.45) is 14.4. The second-order valence-electron chi connectivity index (χ2n) is 6.99. The molecule has 2 unspecified atom stereocenters. The fourth-order valence-electron chi connectivity index (χ4n) is 3.16. The molecule has 0 fully saturated rings. The molecule has 2 atom stereocenters. The molecular formula is C18H38. The van der Waals surface area contributed by atoms with E-state index in [1.54, 1.807) is 0 Å². The maximum atomic E-state index is 2.45. The molecule has 110 valence electrons. The van der Waals surface area contributed by atoms with E-state index in [9.17, 15) is 0 Å². The van der Waals surface area contributed by atoms with Gasteiger partial charge in [-0.05, 0) is 30.6 Å². The highest BCUT2D eigenvalue weighted by Gasteiger charge is 2.10. The van der Waals surface area contributed by atoms with Crippen molar-refractivity contribution in [3.05, 3.63) is 0 Å². The molecule has 0 heteroatoms. The predicted molar refractivity (Wildman–Crippen MR) is 85.0 cm³/mol. The summed E-state index contributed by atoms with van der Waals surface area (Å²) in [6, 6.07) is 0. The van der Waals surface area contributed by atoms with E-state index in [0.29, 0.717) is 0 Å². The van der Waals surface area contributed by atoms with Crippen molar-refractivity contribution in [2.24, 2.45) is 17.8 Å². The summed E-state index contributed by atoms with van der Waals surface area (Å²) in [5.74, 6) is 2.73. The highest BCUT2D eigenvalue weighted by Crippen LogP contribution is 2.23. The van der Waals surface area contributed by atoms with Crippen molar-refractivity contribution in [2.45, 2.75) is 98.8 Å². The van der Waals surface area contributed by atoms with Gasteiger partial charge in [-0.15, -0.1) is 0 Å². The normalized spacial score (nSPS) is 15.0. The smallest absolute Gasteiger partial charge is 0.0438 e. The van der Waals surface area contributed by atoms with E-state index in [1.807, 2.05) is 0 Å². The summed E-state index contributed by atoms with van der Waals surface area (Å²) in [7, 11) is 0. The summed E-state index contributed by atoms with van der Waals surface area (Å²) in [4.78, 5) is 0. The minimum atomic E-state index is 0.866. The molecule has 0 aromatic rings. The monoisotopic (exact) mass is 254 g/mol.